The number of nitrogens with zero attached hydrogens (tertiary/aromatic N) is 3. The van der Waals surface area contributed by atoms with Crippen LogP contribution >= 0.6 is 11.3 Å². The van der Waals surface area contributed by atoms with E-state index in [1.165, 1.54) is 12.1 Å². The zero-order chi connectivity index (χ0) is 14.2. The Bertz CT molecular complexity index is 547. The van der Waals surface area contributed by atoms with Gasteiger partial charge in [-0.1, -0.05) is 13.8 Å². The second kappa shape index (κ2) is 5.47. The van der Waals surface area contributed by atoms with Gasteiger partial charge in [-0.05, 0) is 19.8 Å². The molecule has 0 radical (unpaired) electrons. The molecular weight excluding hydrogens is 268 g/mol. The third-order valence-corrected chi connectivity index (χ3v) is 5.36. The molecule has 0 saturated carbocycles. The molecule has 0 aromatic carbocycles. The van der Waals surface area contributed by atoms with Crippen molar-refractivity contribution in [1.29, 1.82) is 0 Å². The van der Waals surface area contributed by atoms with Crippen molar-refractivity contribution >= 4 is 16.3 Å². The highest BCUT2D eigenvalue weighted by Crippen LogP contribution is 2.22. The van der Waals surface area contributed by atoms with Crippen LogP contribution in [0.3, 0.4) is 0 Å². The second-order valence-corrected chi connectivity index (χ2v) is 6.96. The molecule has 3 heterocycles. The summed E-state index contributed by atoms with van der Waals surface area (Å²) in [5.41, 5.74) is 1.43. The summed E-state index contributed by atoms with van der Waals surface area (Å²) in [4.78, 5) is 8.43. The largest absolute Gasteiger partial charge is 0.309 e. The Labute approximate surface area is 124 Å². The molecule has 0 bridgehead atoms. The van der Waals surface area contributed by atoms with Gasteiger partial charge >= 0.3 is 0 Å². The molecule has 1 aliphatic rings. The van der Waals surface area contributed by atoms with E-state index < -0.39 is 0 Å². The quantitative estimate of drug-likeness (QED) is 0.940. The van der Waals surface area contributed by atoms with E-state index in [4.69, 9.17) is 4.98 Å². The predicted molar refractivity (Wildman–Crippen MR) is 84.3 cm³/mol. The van der Waals surface area contributed by atoms with Crippen LogP contribution in [0.4, 0.5) is 0 Å². The lowest BCUT2D eigenvalue weighted by molar-refractivity contribution is 0.0745. The Morgan fingerprint density at radius 1 is 1.50 bits per heavy atom. The number of piperazine rings is 1. The number of hydrogen-bond acceptors (Lipinski definition) is 4. The first-order valence-corrected chi connectivity index (χ1v) is 8.41. The minimum Gasteiger partial charge on any atom is -0.309 e. The zero-order valence-corrected chi connectivity index (χ0v) is 13.4. The predicted octanol–water partition coefficient (Wildman–Crippen LogP) is 2.75. The van der Waals surface area contributed by atoms with Crippen molar-refractivity contribution in [3.63, 3.8) is 0 Å². The normalized spacial score (nSPS) is 28.2. The highest BCUT2D eigenvalue weighted by atomic mass is 32.1. The molecule has 2 atom stereocenters. The van der Waals surface area contributed by atoms with Crippen LogP contribution in [0.5, 0.6) is 0 Å². The summed E-state index contributed by atoms with van der Waals surface area (Å²) in [5, 5.41) is 5.80. The second-order valence-electron chi connectivity index (χ2n) is 6.09. The lowest BCUT2D eigenvalue weighted by Gasteiger charge is -2.45. The first kappa shape index (κ1) is 14.0. The Morgan fingerprint density at radius 2 is 2.35 bits per heavy atom. The van der Waals surface area contributed by atoms with Crippen LogP contribution in [0.2, 0.25) is 0 Å². The molecule has 1 saturated heterocycles. The van der Waals surface area contributed by atoms with Gasteiger partial charge in [0.05, 0.1) is 5.69 Å². The molecular formula is C15H24N4S. The third kappa shape index (κ3) is 2.62. The van der Waals surface area contributed by atoms with Crippen LogP contribution in [0.15, 0.2) is 17.8 Å². The van der Waals surface area contributed by atoms with Crippen LogP contribution in [0, 0.1) is 0 Å². The van der Waals surface area contributed by atoms with E-state index in [1.54, 1.807) is 11.3 Å². The molecule has 5 heteroatoms. The van der Waals surface area contributed by atoms with Crippen LogP contribution in [0.1, 0.15) is 39.3 Å². The van der Waals surface area contributed by atoms with Gasteiger partial charge in [-0.2, -0.15) is 0 Å². The lowest BCUT2D eigenvalue weighted by atomic mass is 9.92. The van der Waals surface area contributed by atoms with Crippen LogP contribution in [0.25, 0.3) is 4.96 Å². The van der Waals surface area contributed by atoms with Gasteiger partial charge in [-0.25, -0.2) is 4.98 Å². The Morgan fingerprint density at radius 3 is 3.05 bits per heavy atom. The molecule has 1 N–H and O–H groups in total. The first-order valence-electron chi connectivity index (χ1n) is 7.53. The SMILES string of the molecule is CCC1CNC(C)(CC)CN1Cc1cn2ccsc2n1. The number of hydrogen-bond donors (Lipinski definition) is 1. The Hall–Kier alpha value is -0.910. The summed E-state index contributed by atoms with van der Waals surface area (Å²) in [6.45, 7) is 10.0. The van der Waals surface area contributed by atoms with Crippen LogP contribution in [-0.4, -0.2) is 39.0 Å². The maximum Gasteiger partial charge on any atom is 0.193 e. The van der Waals surface area contributed by atoms with Gasteiger partial charge in [-0.15, -0.1) is 11.3 Å². The maximum absolute atomic E-state index is 4.73. The van der Waals surface area contributed by atoms with E-state index in [-0.39, 0.29) is 5.54 Å². The average molecular weight is 292 g/mol. The van der Waals surface area contributed by atoms with Crippen molar-refractivity contribution in [3.8, 4) is 0 Å². The summed E-state index contributed by atoms with van der Waals surface area (Å²) in [5.74, 6) is 0. The van der Waals surface area contributed by atoms with E-state index in [1.807, 2.05) is 0 Å². The van der Waals surface area contributed by atoms with Gasteiger partial charge in [0, 0.05) is 49.0 Å². The molecule has 2 unspecified atom stereocenters. The van der Waals surface area contributed by atoms with Gasteiger partial charge in [0.15, 0.2) is 4.96 Å². The number of imidazole rings is 1. The van der Waals surface area contributed by atoms with Crippen LogP contribution < -0.4 is 5.32 Å². The van der Waals surface area contributed by atoms with Gasteiger partial charge in [-0.3, -0.25) is 9.30 Å². The van der Waals surface area contributed by atoms with Gasteiger partial charge in [0.25, 0.3) is 0 Å². The van der Waals surface area contributed by atoms with E-state index >= 15 is 0 Å². The minimum atomic E-state index is 0.239. The summed E-state index contributed by atoms with van der Waals surface area (Å²) >= 11 is 1.70. The standard InChI is InChI=1S/C15H24N4S/c1-4-13-8-16-15(3,5-2)11-19(13)10-12-9-18-6-7-20-14(18)17-12/h6-7,9,13,16H,4-5,8,10-11H2,1-3H3. The average Bonchev–Trinajstić information content (AvgIpc) is 3.00. The van der Waals surface area contributed by atoms with Crippen molar-refractivity contribution in [2.45, 2.75) is 51.7 Å². The van der Waals surface area contributed by atoms with E-state index in [0.717, 1.165) is 31.0 Å². The number of aromatic nitrogens is 2. The molecule has 4 nitrogen and oxygen atoms in total. The number of nitrogens with one attached hydrogen (secondary N) is 1. The fraction of sp³-hybridized carbons (Fsp3) is 0.667. The first-order chi connectivity index (χ1) is 9.63. The molecule has 1 aliphatic heterocycles. The molecule has 0 spiro atoms. The molecule has 20 heavy (non-hydrogen) atoms. The Kier molecular flexibility index (Phi) is 3.84. The molecule has 3 rings (SSSR count). The van der Waals surface area contributed by atoms with Crippen molar-refractivity contribution in [1.82, 2.24) is 19.6 Å². The third-order valence-electron chi connectivity index (χ3n) is 4.59. The van der Waals surface area contributed by atoms with Gasteiger partial charge < -0.3 is 5.32 Å². The summed E-state index contributed by atoms with van der Waals surface area (Å²) < 4.78 is 2.13. The van der Waals surface area contributed by atoms with E-state index in [9.17, 15) is 0 Å². The van der Waals surface area contributed by atoms with E-state index in [2.05, 4.69) is 53.2 Å². The summed E-state index contributed by atoms with van der Waals surface area (Å²) in [7, 11) is 0. The van der Waals surface area contributed by atoms with Crippen LogP contribution in [-0.2, 0) is 6.54 Å². The number of fused-ring (bicyclic) bond motifs is 1. The lowest BCUT2D eigenvalue weighted by Crippen LogP contribution is -2.62. The zero-order valence-electron chi connectivity index (χ0n) is 12.6. The maximum atomic E-state index is 4.73. The topological polar surface area (TPSA) is 32.6 Å². The molecule has 110 valence electrons. The smallest absolute Gasteiger partial charge is 0.193 e. The highest BCUT2D eigenvalue weighted by molar-refractivity contribution is 7.15. The highest BCUT2D eigenvalue weighted by Gasteiger charge is 2.33. The number of rotatable bonds is 4. The van der Waals surface area contributed by atoms with Crippen molar-refractivity contribution in [2.24, 2.45) is 0 Å². The Balaban J connectivity index is 1.77. The molecule has 0 amide bonds. The summed E-state index contributed by atoms with van der Waals surface area (Å²) in [6.07, 6.45) is 6.61. The number of thiazole rings is 1. The summed E-state index contributed by atoms with van der Waals surface area (Å²) in [6, 6.07) is 0.620. The fourth-order valence-corrected chi connectivity index (χ4v) is 3.73. The van der Waals surface area contributed by atoms with Crippen molar-refractivity contribution in [2.75, 3.05) is 13.1 Å². The monoisotopic (exact) mass is 292 g/mol. The molecule has 2 aromatic heterocycles. The molecule has 2 aromatic rings. The minimum absolute atomic E-state index is 0.239. The molecule has 0 aliphatic carbocycles. The van der Waals surface area contributed by atoms with Crippen molar-refractivity contribution < 1.29 is 0 Å². The fourth-order valence-electron chi connectivity index (χ4n) is 3.01. The molecule has 1 fully saturated rings. The van der Waals surface area contributed by atoms with Gasteiger partial charge in [0.1, 0.15) is 0 Å². The van der Waals surface area contributed by atoms with Crippen molar-refractivity contribution in [3.05, 3.63) is 23.5 Å². The van der Waals surface area contributed by atoms with E-state index in [0.29, 0.717) is 6.04 Å². The van der Waals surface area contributed by atoms with Gasteiger partial charge in [0.2, 0.25) is 0 Å².